The van der Waals surface area contributed by atoms with Crippen LogP contribution in [0.4, 0.5) is 0 Å². The molecule has 45 heavy (non-hydrogen) atoms. The molecule has 24 nitrogen and oxygen atoms in total. The predicted molar refractivity (Wildman–Crippen MR) is 138 cm³/mol. The maximum atomic E-state index is 12.9. The molecular formula is C18H25N4O20P3. The minimum atomic E-state index is -5.44. The highest BCUT2D eigenvalue weighted by atomic mass is 31.2. The molecule has 0 aliphatic carbocycles. The molecule has 0 saturated carbocycles. The first kappa shape index (κ1) is 35.4. The van der Waals surface area contributed by atoms with Crippen LogP contribution in [-0.2, 0) is 41.3 Å². The van der Waals surface area contributed by atoms with Gasteiger partial charge in [0.1, 0.15) is 36.6 Å². The molecule has 0 aromatic carbocycles. The number of rotatable bonds is 12. The van der Waals surface area contributed by atoms with Gasteiger partial charge in [0.05, 0.1) is 13.2 Å². The van der Waals surface area contributed by atoms with E-state index in [1.54, 1.807) is 0 Å². The van der Waals surface area contributed by atoms with Gasteiger partial charge < -0.3 is 44.2 Å². The van der Waals surface area contributed by atoms with Gasteiger partial charge >= 0.3 is 34.8 Å². The molecule has 2 fully saturated rings. The first-order chi connectivity index (χ1) is 20.7. The molecule has 0 spiro atoms. The zero-order chi connectivity index (χ0) is 33.5. The summed E-state index contributed by atoms with van der Waals surface area (Å²) < 4.78 is 66.3. The van der Waals surface area contributed by atoms with Crippen molar-refractivity contribution in [3.63, 3.8) is 0 Å². The van der Waals surface area contributed by atoms with Crippen molar-refractivity contribution < 1.29 is 75.9 Å². The topological polar surface area (TPSA) is 358 Å². The average molecular weight is 710 g/mol. The van der Waals surface area contributed by atoms with Crippen LogP contribution in [0.25, 0.3) is 0 Å². The zero-order valence-corrected chi connectivity index (χ0v) is 24.7. The third-order valence-corrected chi connectivity index (χ3v) is 8.18. The molecule has 2 aromatic rings. The Bertz CT molecular complexity index is 1760. The molecule has 9 N–H and O–H groups in total. The van der Waals surface area contributed by atoms with E-state index in [1.165, 1.54) is 0 Å². The van der Waals surface area contributed by atoms with E-state index in [4.69, 9.17) is 28.3 Å². The van der Waals surface area contributed by atoms with E-state index >= 15 is 0 Å². The number of hydrogen-bond donors (Lipinski definition) is 9. The highest BCUT2D eigenvalue weighted by Gasteiger charge is 2.52. The molecule has 0 amide bonds. The quantitative estimate of drug-likeness (QED) is 0.0940. The number of nitrogens with zero attached hydrogens (tertiary/aromatic N) is 2. The molecule has 4 rings (SSSR count). The third-order valence-electron chi connectivity index (χ3n) is 6.19. The van der Waals surface area contributed by atoms with Gasteiger partial charge in [0.15, 0.2) is 12.5 Å². The number of aromatic amines is 2. The van der Waals surface area contributed by atoms with Crippen LogP contribution in [0, 0.1) is 0 Å². The number of aliphatic hydroxyl groups is 2. The number of ether oxygens (including phenoxy) is 2. The normalized spacial score (nSPS) is 30.4. The molecular weight excluding hydrogens is 685 g/mol. The first-order valence-electron chi connectivity index (χ1n) is 12.1. The van der Waals surface area contributed by atoms with Crippen LogP contribution in [0.5, 0.6) is 0 Å². The number of aromatic nitrogens is 4. The van der Waals surface area contributed by atoms with E-state index in [1.807, 2.05) is 9.97 Å². The van der Waals surface area contributed by atoms with Gasteiger partial charge in [-0.2, -0.15) is 0 Å². The van der Waals surface area contributed by atoms with E-state index < -0.39 is 108 Å². The summed E-state index contributed by atoms with van der Waals surface area (Å²) >= 11 is 0. The Kier molecular flexibility index (Phi) is 10.5. The minimum Gasteiger partial charge on any atom is -0.386 e. The van der Waals surface area contributed by atoms with E-state index in [0.29, 0.717) is 9.13 Å². The van der Waals surface area contributed by atoms with Crippen LogP contribution in [0.3, 0.4) is 0 Å². The summed E-state index contributed by atoms with van der Waals surface area (Å²) in [5.74, 6) is 0. The van der Waals surface area contributed by atoms with Gasteiger partial charge in [0.2, 0.25) is 0 Å². The molecule has 2 aromatic heterocycles. The van der Waals surface area contributed by atoms with Crippen LogP contribution in [0.15, 0.2) is 43.7 Å². The molecule has 0 radical (unpaired) electrons. The third kappa shape index (κ3) is 8.87. The maximum absolute atomic E-state index is 12.9. The predicted octanol–water partition coefficient (Wildman–Crippen LogP) is -4.31. The number of phosphoric acid groups is 3. The lowest BCUT2D eigenvalue weighted by Gasteiger charge is -2.25. The van der Waals surface area contributed by atoms with Gasteiger partial charge in [-0.3, -0.25) is 46.8 Å². The minimum absolute atomic E-state index is 0.619. The summed E-state index contributed by atoms with van der Waals surface area (Å²) in [5.41, 5.74) is -3.90. The molecule has 0 bridgehead atoms. The molecule has 1 unspecified atom stereocenters. The second-order valence-electron chi connectivity index (χ2n) is 9.33. The van der Waals surface area contributed by atoms with Crippen LogP contribution in [0.2, 0.25) is 0 Å². The van der Waals surface area contributed by atoms with Crippen LogP contribution < -0.4 is 22.5 Å². The maximum Gasteiger partial charge on any atom is 0.472 e. The molecule has 2 saturated heterocycles. The second-order valence-corrected chi connectivity index (χ2v) is 13.2. The van der Waals surface area contributed by atoms with Crippen molar-refractivity contribution in [2.24, 2.45) is 0 Å². The second kappa shape index (κ2) is 13.3. The fraction of sp³-hybridized carbons (Fsp3) is 0.556. The lowest BCUT2D eigenvalue weighted by atomic mass is 10.1. The van der Waals surface area contributed by atoms with Crippen molar-refractivity contribution >= 4 is 23.5 Å². The van der Waals surface area contributed by atoms with Gasteiger partial charge in [0.25, 0.3) is 11.1 Å². The number of hydrogen-bond acceptors (Lipinski definition) is 15. The summed E-state index contributed by atoms with van der Waals surface area (Å²) in [6, 6.07) is 1.71. The molecule has 4 heterocycles. The fourth-order valence-electron chi connectivity index (χ4n) is 4.36. The van der Waals surface area contributed by atoms with Crippen molar-refractivity contribution in [2.45, 2.75) is 49.1 Å². The van der Waals surface area contributed by atoms with Crippen LogP contribution >= 0.6 is 23.5 Å². The van der Waals surface area contributed by atoms with E-state index in [-0.39, 0.29) is 0 Å². The lowest BCUT2D eigenvalue weighted by Crippen LogP contribution is -2.39. The number of nitrogens with one attached hydrogen (secondary N) is 2. The summed E-state index contributed by atoms with van der Waals surface area (Å²) in [6.07, 6.45) is -13.5. The summed E-state index contributed by atoms with van der Waals surface area (Å²) in [6.45, 7) is -2.23. The zero-order valence-electron chi connectivity index (χ0n) is 22.0. The van der Waals surface area contributed by atoms with E-state index in [9.17, 15) is 57.8 Å². The van der Waals surface area contributed by atoms with Gasteiger partial charge in [-0.15, -0.1) is 0 Å². The van der Waals surface area contributed by atoms with Crippen molar-refractivity contribution in [3.05, 3.63) is 66.2 Å². The summed E-state index contributed by atoms with van der Waals surface area (Å²) in [7, 11) is -16.0. The lowest BCUT2D eigenvalue weighted by molar-refractivity contribution is -0.0609. The molecule has 252 valence electrons. The van der Waals surface area contributed by atoms with Crippen molar-refractivity contribution in [3.8, 4) is 0 Å². The first-order valence-corrected chi connectivity index (χ1v) is 16.7. The Hall–Kier alpha value is -2.47. The average Bonchev–Trinajstić information content (AvgIpc) is 3.36. The number of H-pyrrole nitrogens is 2. The SMILES string of the molecule is O=c1ccn([C@@H]2O[C@H](COP(=O)(O)O[C@H]3[C@@H](O)[C@H](n4ccc(=O)[nH]c4=O)O[C@@H]3COP(=O)(O)O)[C@@H](OP(=O)(O)O)[C@H]2O)c(=O)[nH]1. The Morgan fingerprint density at radius 2 is 1.11 bits per heavy atom. The summed E-state index contributed by atoms with van der Waals surface area (Å²) in [5, 5.41) is 21.4. The van der Waals surface area contributed by atoms with Crippen molar-refractivity contribution in [1.82, 2.24) is 19.1 Å². The van der Waals surface area contributed by atoms with E-state index in [0.717, 1.165) is 24.5 Å². The Morgan fingerprint density at radius 1 is 0.689 bits per heavy atom. The summed E-state index contributed by atoms with van der Waals surface area (Å²) in [4.78, 5) is 98.0. The highest BCUT2D eigenvalue weighted by molar-refractivity contribution is 7.47. The smallest absolute Gasteiger partial charge is 0.386 e. The molecule has 2 aliphatic heterocycles. The molecule has 9 atom stereocenters. The van der Waals surface area contributed by atoms with Gasteiger partial charge in [-0.1, -0.05) is 0 Å². The number of phosphoric ester groups is 3. The Morgan fingerprint density at radius 3 is 1.51 bits per heavy atom. The standard InChI is InChI=1S/C18H25N4O20P3/c23-9-1-3-21(17(27)19-9)15-11(25)13(41-44(32,33)34)8(40-15)6-38-45(35,36)42-14-7(5-37-43(29,30)31)39-16(12(14)26)22-4-2-10(24)20-18(22)28/h1-4,7-8,11-16,25-26H,5-6H2,(H,35,36)(H,19,23,27)(H,20,24,28)(H2,29,30,31)(H2,32,33,34)/t7-,8-,11-,12-,13-,14-,15-,16-/m1/s1. The van der Waals surface area contributed by atoms with Crippen LogP contribution in [-0.4, -0.2) is 104 Å². The Labute approximate surface area is 247 Å². The fourth-order valence-corrected chi connectivity index (χ4v) is 6.25. The van der Waals surface area contributed by atoms with Crippen molar-refractivity contribution in [2.75, 3.05) is 13.2 Å². The highest BCUT2D eigenvalue weighted by Crippen LogP contribution is 2.50. The van der Waals surface area contributed by atoms with Crippen molar-refractivity contribution in [1.29, 1.82) is 0 Å². The monoisotopic (exact) mass is 710 g/mol. The van der Waals surface area contributed by atoms with Crippen LogP contribution in [0.1, 0.15) is 12.5 Å². The number of aliphatic hydroxyl groups excluding tert-OH is 2. The van der Waals surface area contributed by atoms with Gasteiger partial charge in [-0.25, -0.2) is 23.3 Å². The Balaban J connectivity index is 1.54. The van der Waals surface area contributed by atoms with Gasteiger partial charge in [-0.05, 0) is 0 Å². The van der Waals surface area contributed by atoms with Gasteiger partial charge in [0, 0.05) is 24.5 Å². The molecule has 27 heteroatoms. The van der Waals surface area contributed by atoms with E-state index in [2.05, 4.69) is 9.05 Å². The largest absolute Gasteiger partial charge is 0.472 e. The molecule has 2 aliphatic rings.